The van der Waals surface area contributed by atoms with Crippen LogP contribution in [0, 0.1) is 0 Å². The van der Waals surface area contributed by atoms with Crippen LogP contribution in [0.2, 0.25) is 0 Å². The lowest BCUT2D eigenvalue weighted by molar-refractivity contribution is -0.135. The third kappa shape index (κ3) is 6.40. The molecule has 0 bridgehead atoms. The maximum Gasteiger partial charge on any atom is 0.407 e. The Balaban J connectivity index is 1.81. The van der Waals surface area contributed by atoms with E-state index in [-0.39, 0.29) is 11.8 Å². The number of carbonyl (C=O) groups excluding carboxylic acids is 3. The molecule has 0 saturated carbocycles. The van der Waals surface area contributed by atoms with Crippen molar-refractivity contribution in [3.05, 3.63) is 48.0 Å². The van der Waals surface area contributed by atoms with Gasteiger partial charge in [0.25, 0.3) is 0 Å². The Morgan fingerprint density at radius 3 is 2.25 bits per heavy atom. The van der Waals surface area contributed by atoms with Crippen molar-refractivity contribution in [1.29, 1.82) is 0 Å². The summed E-state index contributed by atoms with van der Waals surface area (Å²) in [5.74, 6) is -0.358. The summed E-state index contributed by atoms with van der Waals surface area (Å²) in [5, 5.41) is 5.60. The van der Waals surface area contributed by atoms with Crippen LogP contribution in [0.3, 0.4) is 0 Å². The van der Waals surface area contributed by atoms with Gasteiger partial charge in [0, 0.05) is 19.6 Å². The van der Waals surface area contributed by atoms with E-state index in [1.54, 1.807) is 4.90 Å². The number of hydrogen-bond donors (Lipinski definition) is 2. The van der Waals surface area contributed by atoms with Gasteiger partial charge < -0.3 is 20.3 Å². The first-order valence-electron chi connectivity index (χ1n) is 9.45. The molecule has 1 aliphatic heterocycles. The first-order chi connectivity index (χ1) is 13.2. The maximum absolute atomic E-state index is 12.4. The van der Waals surface area contributed by atoms with E-state index in [2.05, 4.69) is 17.2 Å². The summed E-state index contributed by atoms with van der Waals surface area (Å²) in [6.45, 7) is 10.3. The van der Waals surface area contributed by atoms with Crippen molar-refractivity contribution in [2.24, 2.45) is 0 Å². The molecule has 0 aromatic heterocycles. The van der Waals surface area contributed by atoms with E-state index in [1.165, 1.54) is 6.08 Å². The molecule has 7 heteroatoms. The van der Waals surface area contributed by atoms with Crippen LogP contribution in [0.5, 0.6) is 0 Å². The summed E-state index contributed by atoms with van der Waals surface area (Å²) in [6.07, 6.45) is 2.27. The molecule has 3 amide bonds. The fraction of sp³-hybridized carbons (Fsp3) is 0.476. The van der Waals surface area contributed by atoms with Crippen LogP contribution in [0.25, 0.3) is 0 Å². The third-order valence-corrected chi connectivity index (χ3v) is 4.34. The molecule has 1 aromatic rings. The Morgan fingerprint density at radius 1 is 1.14 bits per heavy atom. The Morgan fingerprint density at radius 2 is 1.71 bits per heavy atom. The average Bonchev–Trinajstić information content (AvgIpc) is 3.13. The van der Waals surface area contributed by atoms with Crippen LogP contribution in [-0.2, 0) is 27.4 Å². The van der Waals surface area contributed by atoms with E-state index in [4.69, 9.17) is 4.74 Å². The Hall–Kier alpha value is -2.83. The Labute approximate surface area is 166 Å². The smallest absolute Gasteiger partial charge is 0.407 e. The summed E-state index contributed by atoms with van der Waals surface area (Å²) < 4.78 is 5.20. The molecule has 152 valence electrons. The number of likely N-dealkylation sites (tertiary alicyclic amines) is 1. The monoisotopic (exact) mass is 387 g/mol. The molecule has 1 atom stereocenters. The lowest BCUT2D eigenvalue weighted by Gasteiger charge is -2.22. The molecule has 0 radical (unpaired) electrons. The van der Waals surface area contributed by atoms with Crippen molar-refractivity contribution >= 4 is 17.9 Å². The van der Waals surface area contributed by atoms with Crippen LogP contribution in [-0.4, -0.2) is 41.0 Å². The molecule has 7 nitrogen and oxygen atoms in total. The molecule has 2 N–H and O–H groups in total. The molecule has 28 heavy (non-hydrogen) atoms. The largest absolute Gasteiger partial charge is 0.444 e. The fourth-order valence-corrected chi connectivity index (χ4v) is 2.99. The van der Waals surface area contributed by atoms with Gasteiger partial charge in [0.2, 0.25) is 11.8 Å². The van der Waals surface area contributed by atoms with Crippen molar-refractivity contribution in [3.63, 3.8) is 0 Å². The van der Waals surface area contributed by atoms with Gasteiger partial charge in [-0.3, -0.25) is 9.59 Å². The molecule has 1 saturated heterocycles. The number of alkyl carbamates (subject to hydrolysis) is 1. The van der Waals surface area contributed by atoms with Crippen molar-refractivity contribution in [2.75, 3.05) is 6.54 Å². The number of carbonyl (C=O) groups is 3. The fourth-order valence-electron chi connectivity index (χ4n) is 2.99. The van der Waals surface area contributed by atoms with Crippen molar-refractivity contribution in [2.45, 2.75) is 58.3 Å². The molecule has 0 aliphatic carbocycles. The molecular formula is C21H29N3O4. The van der Waals surface area contributed by atoms with E-state index in [0.29, 0.717) is 26.1 Å². The second kappa shape index (κ2) is 9.39. The van der Waals surface area contributed by atoms with E-state index < -0.39 is 17.7 Å². The van der Waals surface area contributed by atoms with Gasteiger partial charge in [-0.15, -0.1) is 0 Å². The van der Waals surface area contributed by atoms with Crippen LogP contribution >= 0.6 is 0 Å². The molecule has 1 fully saturated rings. The van der Waals surface area contributed by atoms with Gasteiger partial charge in [-0.1, -0.05) is 30.8 Å². The highest BCUT2D eigenvalue weighted by Crippen LogP contribution is 2.18. The van der Waals surface area contributed by atoms with Gasteiger partial charge in [-0.2, -0.15) is 0 Å². The van der Waals surface area contributed by atoms with Crippen LogP contribution in [0.1, 0.15) is 44.7 Å². The predicted molar refractivity (Wildman–Crippen MR) is 106 cm³/mol. The number of ether oxygens (including phenoxy) is 1. The summed E-state index contributed by atoms with van der Waals surface area (Å²) >= 11 is 0. The minimum absolute atomic E-state index is 0.150. The van der Waals surface area contributed by atoms with Crippen molar-refractivity contribution in [1.82, 2.24) is 15.5 Å². The summed E-state index contributed by atoms with van der Waals surface area (Å²) in [6, 6.07) is 7.15. The summed E-state index contributed by atoms with van der Waals surface area (Å²) in [5.41, 5.74) is 1.34. The van der Waals surface area contributed by atoms with E-state index in [1.807, 2.05) is 45.0 Å². The van der Waals surface area contributed by atoms with Gasteiger partial charge >= 0.3 is 6.09 Å². The summed E-state index contributed by atoms with van der Waals surface area (Å²) in [4.78, 5) is 37.5. The number of amides is 3. The normalized spacial score (nSPS) is 16.4. The summed E-state index contributed by atoms with van der Waals surface area (Å²) in [7, 11) is 0. The van der Waals surface area contributed by atoms with Crippen LogP contribution in [0.15, 0.2) is 36.9 Å². The second-order valence-corrected chi connectivity index (χ2v) is 7.78. The quantitative estimate of drug-likeness (QED) is 0.734. The molecular weight excluding hydrogens is 358 g/mol. The van der Waals surface area contributed by atoms with E-state index in [0.717, 1.165) is 17.5 Å². The zero-order valence-corrected chi connectivity index (χ0v) is 16.8. The Bertz CT molecular complexity index is 722. The van der Waals surface area contributed by atoms with Crippen molar-refractivity contribution < 1.29 is 19.1 Å². The minimum atomic E-state index is -0.530. The van der Waals surface area contributed by atoms with Crippen molar-refractivity contribution in [3.8, 4) is 0 Å². The first kappa shape index (κ1) is 21.5. The van der Waals surface area contributed by atoms with Crippen LogP contribution < -0.4 is 10.6 Å². The Kier molecular flexibility index (Phi) is 7.20. The van der Waals surface area contributed by atoms with E-state index in [9.17, 15) is 14.4 Å². The average molecular weight is 387 g/mol. The number of nitrogens with one attached hydrogen (secondary N) is 2. The van der Waals surface area contributed by atoms with Gasteiger partial charge in [0.1, 0.15) is 11.6 Å². The second-order valence-electron chi connectivity index (χ2n) is 7.78. The van der Waals surface area contributed by atoms with Gasteiger partial charge in [0.15, 0.2) is 0 Å². The molecule has 1 unspecified atom stereocenters. The number of nitrogens with zero attached hydrogens (tertiary/aromatic N) is 1. The third-order valence-electron chi connectivity index (χ3n) is 4.34. The lowest BCUT2D eigenvalue weighted by atomic mass is 10.1. The molecule has 1 aliphatic rings. The maximum atomic E-state index is 12.4. The predicted octanol–water partition coefficient (Wildman–Crippen LogP) is 2.50. The number of rotatable bonds is 6. The van der Waals surface area contributed by atoms with Crippen LogP contribution in [0.4, 0.5) is 4.79 Å². The van der Waals surface area contributed by atoms with E-state index >= 15 is 0 Å². The number of hydrogen-bond acceptors (Lipinski definition) is 4. The highest BCUT2D eigenvalue weighted by molar-refractivity contribution is 5.93. The SMILES string of the molecule is C=CC(=O)N1CCCC1C(=O)NCc1ccc(CNC(=O)OC(C)(C)C)cc1. The molecule has 1 aromatic carbocycles. The van der Waals surface area contributed by atoms with Gasteiger partial charge in [-0.05, 0) is 50.8 Å². The topological polar surface area (TPSA) is 87.7 Å². The minimum Gasteiger partial charge on any atom is -0.444 e. The highest BCUT2D eigenvalue weighted by Gasteiger charge is 2.32. The molecule has 0 spiro atoms. The first-order valence-corrected chi connectivity index (χ1v) is 9.45. The lowest BCUT2D eigenvalue weighted by Crippen LogP contribution is -2.45. The standard InChI is InChI=1S/C21H29N3O4/c1-5-18(25)24-12-6-7-17(24)19(26)22-13-15-8-10-16(11-9-15)14-23-20(27)28-21(2,3)4/h5,8-11,17H,1,6-7,12-14H2,2-4H3,(H,22,26)(H,23,27). The zero-order valence-electron chi connectivity index (χ0n) is 16.8. The zero-order chi connectivity index (χ0) is 20.7. The molecule has 2 rings (SSSR count). The van der Waals surface area contributed by atoms with Gasteiger partial charge in [0.05, 0.1) is 0 Å². The number of benzene rings is 1. The highest BCUT2D eigenvalue weighted by atomic mass is 16.6. The molecule has 1 heterocycles. The van der Waals surface area contributed by atoms with Gasteiger partial charge in [-0.25, -0.2) is 4.79 Å².